The maximum absolute atomic E-state index is 12.4. The van der Waals surface area contributed by atoms with Crippen LogP contribution in [0.15, 0.2) is 18.2 Å². The van der Waals surface area contributed by atoms with Crippen molar-refractivity contribution in [2.75, 3.05) is 19.8 Å². The van der Waals surface area contributed by atoms with Gasteiger partial charge in [-0.25, -0.2) is 9.59 Å². The number of fused-ring (bicyclic) bond motifs is 1. The van der Waals surface area contributed by atoms with Crippen LogP contribution in [0.3, 0.4) is 0 Å². The first-order chi connectivity index (χ1) is 14.5. The van der Waals surface area contributed by atoms with Crippen LogP contribution >= 0.6 is 0 Å². The molecule has 2 N–H and O–H groups in total. The highest BCUT2D eigenvalue weighted by atomic mass is 16.6. The number of carbonyl (C=O) groups is 3. The maximum Gasteiger partial charge on any atom is 0.338 e. The normalized spacial score (nSPS) is 30.5. The van der Waals surface area contributed by atoms with E-state index in [-0.39, 0.29) is 11.1 Å². The van der Waals surface area contributed by atoms with Crippen molar-refractivity contribution in [3.8, 4) is 11.5 Å². The predicted molar refractivity (Wildman–Crippen MR) is 105 cm³/mol. The van der Waals surface area contributed by atoms with Gasteiger partial charge in [0.1, 0.15) is 13.2 Å². The van der Waals surface area contributed by atoms with Gasteiger partial charge in [0, 0.05) is 5.54 Å². The minimum atomic E-state index is -0.663. The molecule has 0 spiro atoms. The molecule has 3 amide bonds. The Balaban J connectivity index is 1.11. The Morgan fingerprint density at radius 3 is 2.27 bits per heavy atom. The molecule has 1 aliphatic heterocycles. The van der Waals surface area contributed by atoms with E-state index in [9.17, 15) is 14.4 Å². The standard InChI is InChI=1S/C22H26N2O6/c25-19(12-30-20(26)16-1-2-17-18(8-16)29-4-3-28-17)23-21(27)24-22-9-13-5-14(10-22)7-15(6-13)11-22/h1-2,8,13-15H,3-7,9-12H2,(H2,23,24,25,27). The molecule has 1 aromatic rings. The first-order valence-electron chi connectivity index (χ1n) is 10.7. The Labute approximate surface area is 174 Å². The average molecular weight is 414 g/mol. The van der Waals surface area contributed by atoms with Crippen molar-refractivity contribution in [1.29, 1.82) is 0 Å². The highest BCUT2D eigenvalue weighted by molar-refractivity contribution is 5.97. The van der Waals surface area contributed by atoms with E-state index >= 15 is 0 Å². The number of rotatable bonds is 4. The fourth-order valence-corrected chi connectivity index (χ4v) is 6.08. The second kappa shape index (κ2) is 7.49. The van der Waals surface area contributed by atoms with Crippen LogP contribution in [0.25, 0.3) is 0 Å². The van der Waals surface area contributed by atoms with Crippen LogP contribution in [0.2, 0.25) is 0 Å². The second-order valence-electron chi connectivity index (χ2n) is 9.13. The lowest BCUT2D eigenvalue weighted by Crippen LogP contribution is -2.62. The third-order valence-corrected chi connectivity index (χ3v) is 6.78. The largest absolute Gasteiger partial charge is 0.486 e. The van der Waals surface area contributed by atoms with Gasteiger partial charge >= 0.3 is 12.0 Å². The quantitative estimate of drug-likeness (QED) is 0.734. The molecule has 8 nitrogen and oxygen atoms in total. The lowest BCUT2D eigenvalue weighted by Gasteiger charge is -2.56. The third-order valence-electron chi connectivity index (χ3n) is 6.78. The van der Waals surface area contributed by atoms with Crippen molar-refractivity contribution >= 4 is 17.9 Å². The fraction of sp³-hybridized carbons (Fsp3) is 0.591. The molecule has 1 aromatic carbocycles. The molecule has 6 rings (SSSR count). The molecule has 4 saturated carbocycles. The second-order valence-corrected chi connectivity index (χ2v) is 9.13. The molecular formula is C22H26N2O6. The molecule has 4 aliphatic carbocycles. The summed E-state index contributed by atoms with van der Waals surface area (Å²) < 4.78 is 15.9. The van der Waals surface area contributed by atoms with Gasteiger partial charge in [0.15, 0.2) is 18.1 Å². The maximum atomic E-state index is 12.4. The van der Waals surface area contributed by atoms with E-state index in [1.165, 1.54) is 25.3 Å². The van der Waals surface area contributed by atoms with Crippen molar-refractivity contribution in [3.63, 3.8) is 0 Å². The lowest BCUT2D eigenvalue weighted by atomic mass is 9.53. The number of ether oxygens (including phenoxy) is 3. The van der Waals surface area contributed by atoms with Gasteiger partial charge in [-0.1, -0.05) is 0 Å². The van der Waals surface area contributed by atoms with E-state index in [4.69, 9.17) is 14.2 Å². The van der Waals surface area contributed by atoms with E-state index in [2.05, 4.69) is 10.6 Å². The van der Waals surface area contributed by atoms with Gasteiger partial charge in [0.25, 0.3) is 5.91 Å². The first kappa shape index (κ1) is 19.2. The smallest absolute Gasteiger partial charge is 0.338 e. The molecule has 4 bridgehead atoms. The zero-order valence-corrected chi connectivity index (χ0v) is 16.8. The van der Waals surface area contributed by atoms with Crippen LogP contribution < -0.4 is 20.1 Å². The number of hydrogen-bond acceptors (Lipinski definition) is 6. The van der Waals surface area contributed by atoms with Crippen molar-refractivity contribution in [2.24, 2.45) is 17.8 Å². The van der Waals surface area contributed by atoms with Gasteiger partial charge < -0.3 is 19.5 Å². The van der Waals surface area contributed by atoms with Gasteiger partial charge in [0.05, 0.1) is 5.56 Å². The van der Waals surface area contributed by atoms with E-state index in [1.54, 1.807) is 12.1 Å². The molecule has 0 saturated heterocycles. The number of amides is 3. The van der Waals surface area contributed by atoms with Gasteiger partial charge in [-0.15, -0.1) is 0 Å². The van der Waals surface area contributed by atoms with Gasteiger partial charge in [-0.3, -0.25) is 10.1 Å². The molecule has 5 aliphatic rings. The summed E-state index contributed by atoms with van der Waals surface area (Å²) in [6.45, 7) is 0.344. The zero-order valence-electron chi connectivity index (χ0n) is 16.8. The average Bonchev–Trinajstić information content (AvgIpc) is 2.70. The molecule has 1 heterocycles. The minimum absolute atomic E-state index is 0.180. The van der Waals surface area contributed by atoms with Gasteiger partial charge in [0.2, 0.25) is 0 Å². The van der Waals surface area contributed by atoms with Crippen LogP contribution in [-0.2, 0) is 9.53 Å². The Morgan fingerprint density at radius 1 is 0.967 bits per heavy atom. The topological polar surface area (TPSA) is 103 Å². The zero-order chi connectivity index (χ0) is 20.7. The molecule has 0 atom stereocenters. The van der Waals surface area contributed by atoms with Crippen molar-refractivity contribution in [2.45, 2.75) is 44.1 Å². The fourth-order valence-electron chi connectivity index (χ4n) is 6.08. The molecule has 0 unspecified atom stereocenters. The number of urea groups is 1. The van der Waals surface area contributed by atoms with Crippen molar-refractivity contribution in [1.82, 2.24) is 10.6 Å². The molecule has 0 radical (unpaired) electrons. The summed E-state index contributed by atoms with van der Waals surface area (Å²) in [5.74, 6) is 1.80. The monoisotopic (exact) mass is 414 g/mol. The summed E-state index contributed by atoms with van der Waals surface area (Å²) in [5.41, 5.74) is 0.0751. The molecule has 30 heavy (non-hydrogen) atoms. The van der Waals surface area contributed by atoms with E-state index in [1.807, 2.05) is 0 Å². The summed E-state index contributed by atoms with van der Waals surface area (Å²) in [4.78, 5) is 36.7. The molecular weight excluding hydrogens is 388 g/mol. The van der Waals surface area contributed by atoms with Crippen LogP contribution in [-0.4, -0.2) is 43.3 Å². The molecule has 8 heteroatoms. The number of hydrogen-bond donors (Lipinski definition) is 2. The Morgan fingerprint density at radius 2 is 1.60 bits per heavy atom. The Kier molecular flexibility index (Phi) is 4.79. The number of carbonyl (C=O) groups excluding carboxylic acids is 3. The summed E-state index contributed by atoms with van der Waals surface area (Å²) in [6.07, 6.45) is 6.82. The van der Waals surface area contributed by atoms with Crippen LogP contribution in [0, 0.1) is 17.8 Å². The van der Waals surface area contributed by atoms with Gasteiger partial charge in [-0.05, 0) is 74.5 Å². The molecule has 0 aromatic heterocycles. The van der Waals surface area contributed by atoms with Crippen LogP contribution in [0.5, 0.6) is 11.5 Å². The van der Waals surface area contributed by atoms with E-state index < -0.39 is 24.5 Å². The number of esters is 1. The van der Waals surface area contributed by atoms with Gasteiger partial charge in [-0.2, -0.15) is 0 Å². The SMILES string of the molecule is O=C(COC(=O)c1ccc2c(c1)OCCO2)NC(=O)NC12CC3CC(CC(C3)C1)C2. The number of imide groups is 1. The van der Waals surface area contributed by atoms with Crippen LogP contribution in [0.4, 0.5) is 4.79 Å². The molecule has 160 valence electrons. The summed E-state index contributed by atoms with van der Waals surface area (Å²) >= 11 is 0. The first-order valence-corrected chi connectivity index (χ1v) is 10.7. The van der Waals surface area contributed by atoms with E-state index in [0.29, 0.717) is 42.5 Å². The van der Waals surface area contributed by atoms with Crippen LogP contribution in [0.1, 0.15) is 48.9 Å². The predicted octanol–water partition coefficient (Wildman–Crippen LogP) is 2.41. The number of nitrogens with one attached hydrogen (secondary N) is 2. The Hall–Kier alpha value is -2.77. The highest BCUT2D eigenvalue weighted by Crippen LogP contribution is 2.55. The lowest BCUT2D eigenvalue weighted by molar-refractivity contribution is -0.123. The summed E-state index contributed by atoms with van der Waals surface area (Å²) in [5, 5.41) is 5.37. The highest BCUT2D eigenvalue weighted by Gasteiger charge is 2.51. The minimum Gasteiger partial charge on any atom is -0.486 e. The van der Waals surface area contributed by atoms with Crippen molar-refractivity contribution in [3.05, 3.63) is 23.8 Å². The third kappa shape index (κ3) is 3.82. The summed E-state index contributed by atoms with van der Waals surface area (Å²) in [7, 11) is 0. The summed E-state index contributed by atoms with van der Waals surface area (Å²) in [6, 6.07) is 4.20. The Bertz CT molecular complexity index is 847. The van der Waals surface area contributed by atoms with Crippen molar-refractivity contribution < 1.29 is 28.6 Å². The van der Waals surface area contributed by atoms with E-state index in [0.717, 1.165) is 19.3 Å². The number of benzene rings is 1. The molecule has 4 fully saturated rings.